The van der Waals surface area contributed by atoms with Crippen LogP contribution in [0, 0.1) is 0 Å². The lowest BCUT2D eigenvalue weighted by Gasteiger charge is -2.11. The summed E-state index contributed by atoms with van der Waals surface area (Å²) in [5.41, 5.74) is 7.91. The smallest absolute Gasteiger partial charge is 0.164 e. The molecule has 0 N–H and O–H groups in total. The van der Waals surface area contributed by atoms with Gasteiger partial charge in [0.1, 0.15) is 11.2 Å². The summed E-state index contributed by atoms with van der Waals surface area (Å²) in [6, 6.07) is 54.4. The molecule has 0 unspecified atom stereocenters. The van der Waals surface area contributed by atoms with Crippen LogP contribution < -0.4 is 0 Å². The second-order valence-electron chi connectivity index (χ2n) is 12.0. The van der Waals surface area contributed by atoms with Crippen molar-refractivity contribution in [3.63, 3.8) is 0 Å². The zero-order chi connectivity index (χ0) is 31.6. The third kappa shape index (κ3) is 4.08. The van der Waals surface area contributed by atoms with Crippen LogP contribution in [-0.4, -0.2) is 19.5 Å². The van der Waals surface area contributed by atoms with E-state index in [2.05, 4.69) is 102 Å². The molecule has 0 aliphatic rings. The summed E-state index contributed by atoms with van der Waals surface area (Å²) >= 11 is 0. The van der Waals surface area contributed by atoms with E-state index in [1.807, 2.05) is 60.7 Å². The number of rotatable bonds is 4. The molecular formula is C43H26N4O. The van der Waals surface area contributed by atoms with Gasteiger partial charge in [-0.1, -0.05) is 121 Å². The van der Waals surface area contributed by atoms with Crippen molar-refractivity contribution < 1.29 is 4.42 Å². The lowest BCUT2D eigenvalue weighted by atomic mass is 9.99. The van der Waals surface area contributed by atoms with E-state index in [1.54, 1.807) is 0 Å². The van der Waals surface area contributed by atoms with Crippen LogP contribution in [0.2, 0.25) is 0 Å². The first kappa shape index (κ1) is 26.6. The fraction of sp³-hybridized carbons (Fsp3) is 0. The molecule has 0 spiro atoms. The van der Waals surface area contributed by atoms with Crippen LogP contribution in [0.15, 0.2) is 162 Å². The number of hydrogen-bond donors (Lipinski definition) is 0. The van der Waals surface area contributed by atoms with E-state index in [1.165, 1.54) is 21.8 Å². The van der Waals surface area contributed by atoms with Crippen molar-refractivity contribution in [1.29, 1.82) is 0 Å². The molecule has 5 heteroatoms. The van der Waals surface area contributed by atoms with E-state index < -0.39 is 0 Å². The fourth-order valence-electron chi connectivity index (χ4n) is 7.04. The Morgan fingerprint density at radius 1 is 0.396 bits per heavy atom. The Kier molecular flexibility index (Phi) is 5.81. The first-order valence-corrected chi connectivity index (χ1v) is 16.0. The van der Waals surface area contributed by atoms with E-state index in [9.17, 15) is 0 Å². The molecule has 5 nitrogen and oxygen atoms in total. The summed E-state index contributed by atoms with van der Waals surface area (Å²) < 4.78 is 8.97. The minimum Gasteiger partial charge on any atom is -0.455 e. The largest absolute Gasteiger partial charge is 0.455 e. The van der Waals surface area contributed by atoms with Crippen molar-refractivity contribution in [2.45, 2.75) is 0 Å². The van der Waals surface area contributed by atoms with Gasteiger partial charge in [-0.15, -0.1) is 0 Å². The van der Waals surface area contributed by atoms with E-state index in [0.717, 1.165) is 55.1 Å². The molecule has 3 heterocycles. The summed E-state index contributed by atoms with van der Waals surface area (Å²) in [4.78, 5) is 15.1. The molecule has 3 aromatic heterocycles. The van der Waals surface area contributed by atoms with Crippen LogP contribution >= 0.6 is 0 Å². The van der Waals surface area contributed by atoms with Crippen molar-refractivity contribution in [2.75, 3.05) is 0 Å². The number of benzene rings is 7. The maximum atomic E-state index is 6.63. The van der Waals surface area contributed by atoms with Gasteiger partial charge in [0, 0.05) is 49.3 Å². The van der Waals surface area contributed by atoms with E-state index >= 15 is 0 Å². The summed E-state index contributed by atoms with van der Waals surface area (Å²) in [6.07, 6.45) is 0. The minimum atomic E-state index is 0.619. The Balaban J connectivity index is 1.25. The highest BCUT2D eigenvalue weighted by molar-refractivity contribution is 6.19. The summed E-state index contributed by atoms with van der Waals surface area (Å²) in [7, 11) is 0. The molecule has 0 fully saturated rings. The van der Waals surface area contributed by atoms with Crippen LogP contribution in [-0.2, 0) is 0 Å². The monoisotopic (exact) mass is 614 g/mol. The van der Waals surface area contributed by atoms with Crippen LogP contribution in [0.3, 0.4) is 0 Å². The average Bonchev–Trinajstić information content (AvgIpc) is 3.70. The second kappa shape index (κ2) is 10.5. The maximum Gasteiger partial charge on any atom is 0.164 e. The Hall–Kier alpha value is -6.59. The summed E-state index contributed by atoms with van der Waals surface area (Å²) in [6.45, 7) is 0. The Bertz CT molecular complexity index is 2720. The number of furan rings is 1. The second-order valence-corrected chi connectivity index (χ2v) is 12.0. The van der Waals surface area contributed by atoms with Gasteiger partial charge in [0.2, 0.25) is 0 Å². The highest BCUT2D eigenvalue weighted by atomic mass is 16.3. The molecule has 0 aliphatic carbocycles. The number of fused-ring (bicyclic) bond motifs is 8. The van der Waals surface area contributed by atoms with E-state index in [4.69, 9.17) is 19.4 Å². The SMILES string of the molecule is c1ccc(-c2nc(-c3ccccc3)nc(-c3cc4c5cc(-n6c7ccccc7c7ccccc76)ccc5oc4c4ccccc34)n2)cc1. The van der Waals surface area contributed by atoms with Crippen molar-refractivity contribution >= 4 is 54.5 Å². The molecule has 10 rings (SSSR count). The van der Waals surface area contributed by atoms with Gasteiger partial charge in [-0.3, -0.25) is 0 Å². The normalized spacial score (nSPS) is 11.8. The van der Waals surface area contributed by atoms with Crippen molar-refractivity contribution in [2.24, 2.45) is 0 Å². The zero-order valence-corrected chi connectivity index (χ0v) is 25.7. The van der Waals surface area contributed by atoms with Crippen LogP contribution in [0.1, 0.15) is 0 Å². The van der Waals surface area contributed by atoms with Gasteiger partial charge >= 0.3 is 0 Å². The zero-order valence-electron chi connectivity index (χ0n) is 25.7. The molecule has 0 saturated carbocycles. The molecule has 0 amide bonds. The number of aromatic nitrogens is 4. The summed E-state index contributed by atoms with van der Waals surface area (Å²) in [5, 5.41) is 6.56. The molecule has 0 bridgehead atoms. The average molecular weight is 615 g/mol. The first-order chi connectivity index (χ1) is 23.8. The van der Waals surface area contributed by atoms with Gasteiger partial charge in [-0.25, -0.2) is 15.0 Å². The van der Waals surface area contributed by atoms with Crippen LogP contribution in [0.5, 0.6) is 0 Å². The van der Waals surface area contributed by atoms with Gasteiger partial charge in [-0.2, -0.15) is 0 Å². The fourth-order valence-corrected chi connectivity index (χ4v) is 7.04. The van der Waals surface area contributed by atoms with Crippen molar-refractivity contribution in [3.05, 3.63) is 158 Å². The van der Waals surface area contributed by atoms with Gasteiger partial charge < -0.3 is 8.98 Å². The summed E-state index contributed by atoms with van der Waals surface area (Å²) in [5.74, 6) is 1.89. The Labute approximate surface area is 275 Å². The van der Waals surface area contributed by atoms with Crippen LogP contribution in [0.25, 0.3) is 94.4 Å². The minimum absolute atomic E-state index is 0.619. The number of hydrogen-bond acceptors (Lipinski definition) is 4. The molecule has 0 radical (unpaired) electrons. The highest BCUT2D eigenvalue weighted by Crippen LogP contribution is 2.41. The van der Waals surface area contributed by atoms with Gasteiger partial charge in [-0.05, 0) is 41.8 Å². The Morgan fingerprint density at radius 3 is 1.54 bits per heavy atom. The maximum absolute atomic E-state index is 6.63. The molecule has 48 heavy (non-hydrogen) atoms. The van der Waals surface area contributed by atoms with E-state index in [0.29, 0.717) is 17.5 Å². The molecule has 0 aliphatic heterocycles. The predicted molar refractivity (Wildman–Crippen MR) is 195 cm³/mol. The number of para-hydroxylation sites is 2. The Morgan fingerprint density at radius 2 is 0.917 bits per heavy atom. The first-order valence-electron chi connectivity index (χ1n) is 16.0. The van der Waals surface area contributed by atoms with Gasteiger partial charge in [0.15, 0.2) is 17.5 Å². The predicted octanol–water partition coefficient (Wildman–Crippen LogP) is 11.0. The standard InChI is InChI=1S/C43H26N4O/c1-3-13-27(14-4-1)41-44-42(28-15-5-2-6-16-28)46-43(45-41)36-26-35-34-25-29(23-24-39(34)48-40(35)33-20-8-7-17-30(33)36)47-37-21-11-9-18-31(37)32-19-10-12-22-38(32)47/h1-26H. The lowest BCUT2D eigenvalue weighted by Crippen LogP contribution is -2.00. The number of nitrogens with zero attached hydrogens (tertiary/aromatic N) is 4. The molecule has 224 valence electrons. The molecule has 0 saturated heterocycles. The quantitative estimate of drug-likeness (QED) is 0.198. The van der Waals surface area contributed by atoms with Crippen molar-refractivity contribution in [1.82, 2.24) is 19.5 Å². The van der Waals surface area contributed by atoms with Crippen LogP contribution in [0.4, 0.5) is 0 Å². The molecule has 10 aromatic rings. The third-order valence-corrected chi connectivity index (χ3v) is 9.24. The molecule has 7 aromatic carbocycles. The molecular weight excluding hydrogens is 589 g/mol. The molecule has 0 atom stereocenters. The third-order valence-electron chi connectivity index (χ3n) is 9.24. The van der Waals surface area contributed by atoms with Gasteiger partial charge in [0.05, 0.1) is 11.0 Å². The van der Waals surface area contributed by atoms with Gasteiger partial charge in [0.25, 0.3) is 0 Å². The lowest BCUT2D eigenvalue weighted by molar-refractivity contribution is 0.672. The highest BCUT2D eigenvalue weighted by Gasteiger charge is 2.20. The van der Waals surface area contributed by atoms with E-state index in [-0.39, 0.29) is 0 Å². The van der Waals surface area contributed by atoms with Crippen molar-refractivity contribution in [3.8, 4) is 39.9 Å². The topological polar surface area (TPSA) is 56.7 Å².